The normalized spacial score (nSPS) is 19.4. The number of ether oxygens (including phenoxy) is 1. The van der Waals surface area contributed by atoms with E-state index >= 15 is 0 Å². The number of aromatic nitrogens is 3. The minimum absolute atomic E-state index is 0.131. The van der Waals surface area contributed by atoms with Crippen LogP contribution in [0.3, 0.4) is 0 Å². The van der Waals surface area contributed by atoms with Crippen molar-refractivity contribution in [2.75, 3.05) is 45.3 Å². The van der Waals surface area contributed by atoms with Crippen molar-refractivity contribution in [3.05, 3.63) is 18.1 Å². The van der Waals surface area contributed by atoms with Crippen LogP contribution in [0.25, 0.3) is 11.0 Å². The van der Waals surface area contributed by atoms with Gasteiger partial charge in [-0.2, -0.15) is 0 Å². The third kappa shape index (κ3) is 3.62. The molecule has 0 unspecified atom stereocenters. The van der Waals surface area contributed by atoms with Gasteiger partial charge in [-0.25, -0.2) is 22.7 Å². The second-order valence-electron chi connectivity index (χ2n) is 7.93. The van der Waals surface area contributed by atoms with Crippen molar-refractivity contribution in [2.24, 2.45) is 7.05 Å². The first kappa shape index (κ1) is 19.6. The van der Waals surface area contributed by atoms with Gasteiger partial charge in [-0.3, -0.25) is 0 Å². The van der Waals surface area contributed by atoms with E-state index in [1.807, 2.05) is 25.0 Å². The predicted octanol–water partition coefficient (Wildman–Crippen LogP) is 1.72. The van der Waals surface area contributed by atoms with E-state index in [9.17, 15) is 8.42 Å². The van der Waals surface area contributed by atoms with Gasteiger partial charge >= 0.3 is 0 Å². The fourth-order valence-corrected chi connectivity index (χ4v) is 5.80. The number of hydrogen-bond donors (Lipinski definition) is 0. The fourth-order valence-electron chi connectivity index (χ4n) is 3.92. The number of nitrogens with zero attached hydrogens (tertiary/aromatic N) is 5. The molecule has 3 heterocycles. The summed E-state index contributed by atoms with van der Waals surface area (Å²) in [5.41, 5.74) is 2.97. The van der Waals surface area contributed by atoms with E-state index in [0.717, 1.165) is 54.8 Å². The molecule has 0 amide bonds. The zero-order valence-corrected chi connectivity index (χ0v) is 17.7. The lowest BCUT2D eigenvalue weighted by molar-refractivity contribution is 0.206. The molecule has 1 aliphatic heterocycles. The summed E-state index contributed by atoms with van der Waals surface area (Å²) in [5.74, 6) is 1.12. The van der Waals surface area contributed by atoms with Gasteiger partial charge in [0.15, 0.2) is 5.82 Å². The highest BCUT2D eigenvalue weighted by molar-refractivity contribution is 7.90. The van der Waals surface area contributed by atoms with Crippen LogP contribution in [-0.2, 0) is 21.8 Å². The van der Waals surface area contributed by atoms with E-state index in [2.05, 4.69) is 16.0 Å². The molecule has 2 aromatic rings. The molecule has 0 spiro atoms. The molecule has 1 saturated carbocycles. The second-order valence-corrected chi connectivity index (χ2v) is 10.1. The molecule has 0 atom stereocenters. The van der Waals surface area contributed by atoms with Gasteiger partial charge in [0.25, 0.3) is 0 Å². The Kier molecular flexibility index (Phi) is 5.32. The van der Waals surface area contributed by atoms with Gasteiger partial charge in [-0.05, 0) is 31.7 Å². The van der Waals surface area contributed by atoms with E-state index in [-0.39, 0.29) is 11.2 Å². The van der Waals surface area contributed by atoms with Gasteiger partial charge < -0.3 is 14.2 Å². The molecule has 1 saturated heterocycles. The lowest BCUT2D eigenvalue weighted by Gasteiger charge is -2.31. The Morgan fingerprint density at radius 3 is 2.61 bits per heavy atom. The van der Waals surface area contributed by atoms with E-state index in [1.54, 1.807) is 11.4 Å². The summed E-state index contributed by atoms with van der Waals surface area (Å²) in [7, 11) is 2.60. The largest absolute Gasteiger partial charge is 0.383 e. The number of fused-ring (bicyclic) bond motifs is 1. The minimum Gasteiger partial charge on any atom is -0.383 e. The number of methoxy groups -OCH3 is 1. The van der Waals surface area contributed by atoms with Gasteiger partial charge in [0.2, 0.25) is 10.0 Å². The van der Waals surface area contributed by atoms with Crippen LogP contribution in [-0.4, -0.2) is 72.9 Å². The molecule has 2 fully saturated rings. The van der Waals surface area contributed by atoms with Gasteiger partial charge in [0, 0.05) is 52.5 Å². The molecule has 0 radical (unpaired) electrons. The molecule has 0 N–H and O–H groups in total. The quantitative estimate of drug-likeness (QED) is 0.695. The number of pyridine rings is 1. The van der Waals surface area contributed by atoms with Crippen LogP contribution in [0.4, 0.5) is 5.82 Å². The van der Waals surface area contributed by atoms with Crippen molar-refractivity contribution in [3.8, 4) is 0 Å². The van der Waals surface area contributed by atoms with Gasteiger partial charge in [-0.1, -0.05) is 0 Å². The number of sulfonamides is 1. The van der Waals surface area contributed by atoms with E-state index in [4.69, 9.17) is 9.72 Å². The highest BCUT2D eigenvalue weighted by Crippen LogP contribution is 2.36. The van der Waals surface area contributed by atoms with Crippen LogP contribution in [0.2, 0.25) is 0 Å². The topological polar surface area (TPSA) is 80.6 Å². The first-order valence-corrected chi connectivity index (χ1v) is 11.4. The maximum absolute atomic E-state index is 12.5. The number of likely N-dealkylation sites (N-methyl/N-ethyl adjacent to an activating group) is 1. The third-order valence-electron chi connectivity index (χ3n) is 5.88. The number of piperidine rings is 1. The Hall–Kier alpha value is -1.71. The van der Waals surface area contributed by atoms with E-state index < -0.39 is 10.0 Å². The monoisotopic (exact) mass is 407 g/mol. The molecular formula is C19H29N5O3S. The zero-order valence-electron chi connectivity index (χ0n) is 16.8. The standard InChI is InChI=1S/C19H29N5O3S/c1-22(10-11-27-3)19-18-17(23(2)13-20-18)12-16(21-19)14-6-8-24(9-7-14)28(25,26)15-4-5-15/h12-15H,4-11H2,1-3H3. The van der Waals surface area contributed by atoms with E-state index in [1.165, 1.54) is 0 Å². The Balaban J connectivity index is 1.58. The first-order chi connectivity index (χ1) is 13.4. The molecule has 2 aliphatic rings. The molecule has 8 nitrogen and oxygen atoms in total. The SMILES string of the molecule is COCCN(C)c1nc(C2CCN(S(=O)(=O)C3CC3)CC2)cc2c1ncn2C. The third-order valence-corrected chi connectivity index (χ3v) is 8.28. The van der Waals surface area contributed by atoms with Gasteiger partial charge in [-0.15, -0.1) is 0 Å². The lowest BCUT2D eigenvalue weighted by atomic mass is 9.94. The highest BCUT2D eigenvalue weighted by atomic mass is 32.2. The van der Waals surface area contributed by atoms with Gasteiger partial charge in [0.05, 0.1) is 23.7 Å². The zero-order chi connectivity index (χ0) is 19.9. The average Bonchev–Trinajstić information content (AvgIpc) is 3.50. The van der Waals surface area contributed by atoms with Crippen molar-refractivity contribution in [3.63, 3.8) is 0 Å². The van der Waals surface area contributed by atoms with Crippen molar-refractivity contribution < 1.29 is 13.2 Å². The molecule has 28 heavy (non-hydrogen) atoms. The molecule has 154 valence electrons. The maximum atomic E-state index is 12.5. The Morgan fingerprint density at radius 2 is 1.96 bits per heavy atom. The first-order valence-electron chi connectivity index (χ1n) is 9.93. The van der Waals surface area contributed by atoms with Crippen LogP contribution in [0.1, 0.15) is 37.3 Å². The summed E-state index contributed by atoms with van der Waals surface area (Å²) in [5, 5.41) is -0.131. The number of aryl methyl sites for hydroxylation is 1. The van der Waals surface area contributed by atoms with Crippen LogP contribution in [0.5, 0.6) is 0 Å². The Bertz CT molecular complexity index is 946. The molecule has 0 bridgehead atoms. The highest BCUT2D eigenvalue weighted by Gasteiger charge is 2.41. The summed E-state index contributed by atoms with van der Waals surface area (Å²) in [4.78, 5) is 11.6. The number of imidazole rings is 1. The van der Waals surface area contributed by atoms with Crippen LogP contribution in [0, 0.1) is 0 Å². The van der Waals surface area contributed by atoms with Gasteiger partial charge in [0.1, 0.15) is 5.52 Å². The van der Waals surface area contributed by atoms with Crippen molar-refractivity contribution in [2.45, 2.75) is 36.9 Å². The predicted molar refractivity (Wildman–Crippen MR) is 109 cm³/mol. The average molecular weight is 408 g/mol. The summed E-state index contributed by atoms with van der Waals surface area (Å²) >= 11 is 0. The van der Waals surface area contributed by atoms with Crippen LogP contribution in [0.15, 0.2) is 12.4 Å². The van der Waals surface area contributed by atoms with Crippen molar-refractivity contribution >= 4 is 26.9 Å². The summed E-state index contributed by atoms with van der Waals surface area (Å²) in [6.07, 6.45) is 5.07. The Labute approximate surface area is 166 Å². The van der Waals surface area contributed by atoms with Crippen molar-refractivity contribution in [1.29, 1.82) is 0 Å². The number of anilines is 1. The van der Waals surface area contributed by atoms with Crippen LogP contribution < -0.4 is 4.90 Å². The summed E-state index contributed by atoms with van der Waals surface area (Å²) < 4.78 is 33.9. The maximum Gasteiger partial charge on any atom is 0.216 e. The molecular weight excluding hydrogens is 378 g/mol. The molecule has 4 rings (SSSR count). The van der Waals surface area contributed by atoms with Crippen molar-refractivity contribution in [1.82, 2.24) is 18.8 Å². The summed E-state index contributed by atoms with van der Waals surface area (Å²) in [6, 6.07) is 2.12. The molecule has 0 aromatic carbocycles. The Morgan fingerprint density at radius 1 is 1.25 bits per heavy atom. The smallest absolute Gasteiger partial charge is 0.216 e. The summed E-state index contributed by atoms with van der Waals surface area (Å²) in [6.45, 7) is 2.53. The van der Waals surface area contributed by atoms with Crippen LogP contribution >= 0.6 is 0 Å². The fraction of sp³-hybridized carbons (Fsp3) is 0.684. The number of rotatable bonds is 7. The minimum atomic E-state index is -3.08. The molecule has 1 aliphatic carbocycles. The molecule has 2 aromatic heterocycles. The second kappa shape index (κ2) is 7.61. The molecule has 9 heteroatoms. The number of hydrogen-bond acceptors (Lipinski definition) is 6. The lowest BCUT2D eigenvalue weighted by Crippen LogP contribution is -2.39. The van der Waals surface area contributed by atoms with E-state index in [0.29, 0.717) is 19.7 Å².